The molecule has 94 valence electrons. The van der Waals surface area contributed by atoms with E-state index in [4.69, 9.17) is 23.2 Å². The lowest BCUT2D eigenvalue weighted by atomic mass is 10.2. The van der Waals surface area contributed by atoms with Crippen LogP contribution in [0.5, 0.6) is 0 Å². The Morgan fingerprint density at radius 2 is 2.18 bits per heavy atom. The van der Waals surface area contributed by atoms with E-state index in [-0.39, 0.29) is 18.1 Å². The molecule has 0 amide bonds. The van der Waals surface area contributed by atoms with Gasteiger partial charge in [0.05, 0.1) is 22.2 Å². The number of hydrogen-bond donors (Lipinski definition) is 0. The van der Waals surface area contributed by atoms with Crippen molar-refractivity contribution in [1.82, 2.24) is 4.31 Å². The molecular formula is C9H9Cl2NO3S2. The highest BCUT2D eigenvalue weighted by atomic mass is 35.5. The van der Waals surface area contributed by atoms with Crippen molar-refractivity contribution in [2.45, 2.75) is 6.42 Å². The molecule has 0 saturated carbocycles. The minimum absolute atomic E-state index is 0.110. The van der Waals surface area contributed by atoms with Crippen LogP contribution in [0.4, 0.5) is 0 Å². The molecule has 0 N–H and O–H groups in total. The highest BCUT2D eigenvalue weighted by Crippen LogP contribution is 2.31. The molecule has 1 saturated heterocycles. The normalized spacial score (nSPS) is 19.6. The molecule has 1 aliphatic heterocycles. The third-order valence-corrected chi connectivity index (χ3v) is 5.87. The molecule has 1 fully saturated rings. The number of thiophene rings is 1. The van der Waals surface area contributed by atoms with Gasteiger partial charge in [-0.1, -0.05) is 23.2 Å². The molecule has 1 aliphatic rings. The Hall–Kier alpha value is -0.140. The van der Waals surface area contributed by atoms with E-state index >= 15 is 0 Å². The first-order valence-corrected chi connectivity index (χ1v) is 8.04. The van der Waals surface area contributed by atoms with Crippen LogP contribution in [0.1, 0.15) is 16.8 Å². The Bertz CT molecular complexity index is 553. The van der Waals surface area contributed by atoms with Gasteiger partial charge in [-0.2, -0.15) is 4.31 Å². The van der Waals surface area contributed by atoms with Gasteiger partial charge in [0.1, 0.15) is 4.34 Å². The number of Topliss-reactive ketones (excluding diaryl/α,β-unsaturated/α-hetero) is 1. The van der Waals surface area contributed by atoms with E-state index in [2.05, 4.69) is 0 Å². The first-order chi connectivity index (χ1) is 7.90. The first kappa shape index (κ1) is 13.3. The van der Waals surface area contributed by atoms with Crippen molar-refractivity contribution in [1.29, 1.82) is 0 Å². The summed E-state index contributed by atoms with van der Waals surface area (Å²) in [5, 5.41) is 0. The van der Waals surface area contributed by atoms with Crippen LogP contribution in [0.15, 0.2) is 6.07 Å². The molecule has 2 rings (SSSR count). The van der Waals surface area contributed by atoms with E-state index < -0.39 is 10.0 Å². The van der Waals surface area contributed by atoms with Gasteiger partial charge in [-0.25, -0.2) is 8.42 Å². The summed E-state index contributed by atoms with van der Waals surface area (Å²) in [5.41, 5.74) is 0.295. The van der Waals surface area contributed by atoms with Crippen molar-refractivity contribution in [3.63, 3.8) is 0 Å². The summed E-state index contributed by atoms with van der Waals surface area (Å²) in [5.74, 6) is -0.207. The molecule has 0 radical (unpaired) electrons. The fourth-order valence-corrected chi connectivity index (χ4v) is 4.62. The molecule has 2 heterocycles. The van der Waals surface area contributed by atoms with Gasteiger partial charge in [-0.15, -0.1) is 11.3 Å². The third-order valence-electron chi connectivity index (χ3n) is 2.48. The quantitative estimate of drug-likeness (QED) is 0.804. The second-order valence-electron chi connectivity index (χ2n) is 3.66. The predicted molar refractivity (Wildman–Crippen MR) is 68.6 cm³/mol. The summed E-state index contributed by atoms with van der Waals surface area (Å²) in [6.07, 6.45) is 0.563. The maximum atomic E-state index is 11.9. The highest BCUT2D eigenvalue weighted by Gasteiger charge is 2.30. The molecular weight excluding hydrogens is 305 g/mol. The molecule has 8 heteroatoms. The molecule has 1 aromatic heterocycles. The monoisotopic (exact) mass is 313 g/mol. The predicted octanol–water partition coefficient (Wildman–Crippen LogP) is 2.27. The van der Waals surface area contributed by atoms with Crippen molar-refractivity contribution in [2.24, 2.45) is 0 Å². The summed E-state index contributed by atoms with van der Waals surface area (Å²) in [4.78, 5) is 11.9. The molecule has 0 aromatic carbocycles. The average molecular weight is 314 g/mol. The van der Waals surface area contributed by atoms with Gasteiger partial charge < -0.3 is 0 Å². The number of halogens is 2. The van der Waals surface area contributed by atoms with E-state index in [1.54, 1.807) is 0 Å². The van der Waals surface area contributed by atoms with Crippen LogP contribution in [0.3, 0.4) is 0 Å². The van der Waals surface area contributed by atoms with Crippen molar-refractivity contribution < 1.29 is 13.2 Å². The van der Waals surface area contributed by atoms with Gasteiger partial charge in [0.15, 0.2) is 5.78 Å². The third kappa shape index (κ3) is 2.82. The summed E-state index contributed by atoms with van der Waals surface area (Å²) in [7, 11) is -3.26. The number of rotatable bonds is 3. The van der Waals surface area contributed by atoms with E-state index in [1.807, 2.05) is 0 Å². The van der Waals surface area contributed by atoms with E-state index in [0.29, 0.717) is 27.2 Å². The van der Waals surface area contributed by atoms with Gasteiger partial charge in [-0.05, 0) is 12.5 Å². The minimum Gasteiger partial charge on any atom is -0.293 e. The standard InChI is InChI=1S/C9H9Cl2NO3S2/c10-8-4-6(9(11)16-8)7(13)5-12-2-1-3-17(12,14)15/h4H,1-3,5H2. The molecule has 17 heavy (non-hydrogen) atoms. The first-order valence-electron chi connectivity index (χ1n) is 4.86. The SMILES string of the molecule is O=C(CN1CCCS1(=O)=O)c1cc(Cl)sc1Cl. The number of nitrogens with zero attached hydrogens (tertiary/aromatic N) is 1. The number of sulfonamides is 1. The maximum absolute atomic E-state index is 11.9. The number of ketones is 1. The molecule has 0 aliphatic carbocycles. The van der Waals surface area contributed by atoms with Crippen LogP contribution in [-0.2, 0) is 10.0 Å². The van der Waals surface area contributed by atoms with Gasteiger partial charge >= 0.3 is 0 Å². The molecule has 0 unspecified atom stereocenters. The summed E-state index contributed by atoms with van der Waals surface area (Å²) >= 11 is 12.7. The second kappa shape index (κ2) is 4.85. The fraction of sp³-hybridized carbons (Fsp3) is 0.444. The number of hydrogen-bond acceptors (Lipinski definition) is 4. The Labute approximate surface area is 113 Å². The fourth-order valence-electron chi connectivity index (χ4n) is 1.64. The lowest BCUT2D eigenvalue weighted by Gasteiger charge is -2.12. The second-order valence-corrected chi connectivity index (χ2v) is 8.04. The van der Waals surface area contributed by atoms with Gasteiger partial charge in [0.2, 0.25) is 10.0 Å². The summed E-state index contributed by atoms with van der Waals surface area (Å²) in [6, 6.07) is 1.47. The van der Waals surface area contributed by atoms with Gasteiger partial charge in [0, 0.05) is 6.54 Å². The van der Waals surface area contributed by atoms with Crippen LogP contribution >= 0.6 is 34.5 Å². The topological polar surface area (TPSA) is 54.5 Å². The maximum Gasteiger partial charge on any atom is 0.214 e. The van der Waals surface area contributed by atoms with Crippen molar-refractivity contribution in [3.05, 3.63) is 20.3 Å². The van der Waals surface area contributed by atoms with Crippen molar-refractivity contribution in [2.75, 3.05) is 18.8 Å². The zero-order valence-electron chi connectivity index (χ0n) is 8.65. The Morgan fingerprint density at radius 1 is 1.47 bits per heavy atom. The Kier molecular flexibility index (Phi) is 3.80. The van der Waals surface area contributed by atoms with Crippen molar-refractivity contribution >= 4 is 50.3 Å². The molecule has 0 bridgehead atoms. The lowest BCUT2D eigenvalue weighted by Crippen LogP contribution is -2.31. The van der Waals surface area contributed by atoms with Crippen LogP contribution in [0.25, 0.3) is 0 Å². The number of carbonyl (C=O) groups is 1. The molecule has 4 nitrogen and oxygen atoms in total. The van der Waals surface area contributed by atoms with E-state index in [9.17, 15) is 13.2 Å². The van der Waals surface area contributed by atoms with Crippen molar-refractivity contribution in [3.8, 4) is 0 Å². The largest absolute Gasteiger partial charge is 0.293 e. The van der Waals surface area contributed by atoms with Gasteiger partial charge in [-0.3, -0.25) is 4.79 Å². The zero-order valence-corrected chi connectivity index (χ0v) is 11.8. The molecule has 0 atom stereocenters. The highest BCUT2D eigenvalue weighted by molar-refractivity contribution is 7.89. The van der Waals surface area contributed by atoms with Crippen LogP contribution < -0.4 is 0 Å². The summed E-state index contributed by atoms with van der Waals surface area (Å²) < 4.78 is 25.0. The summed E-state index contributed by atoms with van der Waals surface area (Å²) in [6.45, 7) is 0.235. The minimum atomic E-state index is -3.26. The molecule has 1 aromatic rings. The van der Waals surface area contributed by atoms with Crippen LogP contribution in [0, 0.1) is 0 Å². The van der Waals surface area contributed by atoms with Crippen LogP contribution in [-0.4, -0.2) is 37.3 Å². The van der Waals surface area contributed by atoms with Crippen LogP contribution in [0.2, 0.25) is 8.67 Å². The Morgan fingerprint density at radius 3 is 2.65 bits per heavy atom. The average Bonchev–Trinajstić information content (AvgIpc) is 2.70. The van der Waals surface area contributed by atoms with Gasteiger partial charge in [0.25, 0.3) is 0 Å². The number of carbonyl (C=O) groups excluding carboxylic acids is 1. The molecule has 0 spiro atoms. The smallest absolute Gasteiger partial charge is 0.214 e. The lowest BCUT2D eigenvalue weighted by molar-refractivity contribution is 0.0969. The van der Waals surface area contributed by atoms with E-state index in [0.717, 1.165) is 11.3 Å². The zero-order chi connectivity index (χ0) is 12.6. The van der Waals surface area contributed by atoms with E-state index in [1.165, 1.54) is 10.4 Å². The Balaban J connectivity index is 2.15.